The van der Waals surface area contributed by atoms with Crippen LogP contribution in [0.1, 0.15) is 30.6 Å². The van der Waals surface area contributed by atoms with Crippen LogP contribution in [-0.2, 0) is 4.79 Å². The molecule has 0 radical (unpaired) electrons. The van der Waals surface area contributed by atoms with E-state index in [4.69, 9.17) is 0 Å². The number of hydrogen-bond acceptors (Lipinski definition) is 3. The van der Waals surface area contributed by atoms with Crippen LogP contribution in [0.2, 0.25) is 0 Å². The summed E-state index contributed by atoms with van der Waals surface area (Å²) in [5, 5.41) is 9.18. The molecule has 1 heterocycles. The second-order valence-electron chi connectivity index (χ2n) is 4.64. The third-order valence-corrected chi connectivity index (χ3v) is 2.68. The fourth-order valence-corrected chi connectivity index (χ4v) is 1.71. The molecule has 0 aliphatic carbocycles. The van der Waals surface area contributed by atoms with Crippen molar-refractivity contribution in [2.45, 2.75) is 26.3 Å². The molecule has 0 saturated heterocycles. The Bertz CT molecular complexity index is 418. The van der Waals surface area contributed by atoms with E-state index in [-0.39, 0.29) is 11.8 Å². The molecule has 1 aromatic rings. The van der Waals surface area contributed by atoms with Gasteiger partial charge in [-0.3, -0.25) is 9.78 Å². The maximum absolute atomic E-state index is 12.1. The predicted octanol–water partition coefficient (Wildman–Crippen LogP) is 1.65. The van der Waals surface area contributed by atoms with Gasteiger partial charge in [-0.15, -0.1) is 0 Å². The Balaban J connectivity index is 2.86. The zero-order chi connectivity index (χ0) is 13.7. The Kier molecular flexibility index (Phi) is 4.83. The molecule has 5 nitrogen and oxygen atoms in total. The van der Waals surface area contributed by atoms with E-state index in [9.17, 15) is 14.7 Å². The van der Waals surface area contributed by atoms with Crippen molar-refractivity contribution < 1.29 is 14.7 Å². The Labute approximate surface area is 106 Å². The second-order valence-corrected chi connectivity index (χ2v) is 4.64. The molecular formula is C13H18N2O3. The molecule has 1 unspecified atom stereocenters. The van der Waals surface area contributed by atoms with Gasteiger partial charge in [0.1, 0.15) is 6.04 Å². The van der Waals surface area contributed by atoms with Gasteiger partial charge in [0.25, 0.3) is 5.91 Å². The maximum atomic E-state index is 12.1. The van der Waals surface area contributed by atoms with Crippen LogP contribution in [0, 0.1) is 5.92 Å². The normalized spacial score (nSPS) is 12.2. The molecule has 0 aliphatic heterocycles. The van der Waals surface area contributed by atoms with Crippen molar-refractivity contribution in [1.82, 2.24) is 9.88 Å². The van der Waals surface area contributed by atoms with Crippen LogP contribution >= 0.6 is 0 Å². The maximum Gasteiger partial charge on any atom is 0.326 e. The molecule has 5 heteroatoms. The van der Waals surface area contributed by atoms with Crippen molar-refractivity contribution in [3.05, 3.63) is 30.1 Å². The monoisotopic (exact) mass is 250 g/mol. The van der Waals surface area contributed by atoms with Gasteiger partial charge in [0.15, 0.2) is 0 Å². The molecule has 0 aromatic carbocycles. The van der Waals surface area contributed by atoms with Gasteiger partial charge in [-0.2, -0.15) is 0 Å². The van der Waals surface area contributed by atoms with E-state index in [0.29, 0.717) is 12.0 Å². The van der Waals surface area contributed by atoms with Crippen LogP contribution in [0.5, 0.6) is 0 Å². The number of nitrogens with zero attached hydrogens (tertiary/aromatic N) is 2. The molecule has 0 fully saturated rings. The zero-order valence-electron chi connectivity index (χ0n) is 10.8. The number of hydrogen-bond donors (Lipinski definition) is 1. The fraction of sp³-hybridized carbons (Fsp3) is 0.462. The Morgan fingerprint density at radius 1 is 1.44 bits per heavy atom. The second kappa shape index (κ2) is 6.14. The molecule has 18 heavy (non-hydrogen) atoms. The van der Waals surface area contributed by atoms with E-state index in [1.807, 2.05) is 13.8 Å². The summed E-state index contributed by atoms with van der Waals surface area (Å²) in [7, 11) is 1.51. The Morgan fingerprint density at radius 2 is 2.11 bits per heavy atom. The third kappa shape index (κ3) is 3.55. The van der Waals surface area contributed by atoms with Crippen molar-refractivity contribution in [3.63, 3.8) is 0 Å². The average molecular weight is 250 g/mol. The Morgan fingerprint density at radius 3 is 2.56 bits per heavy atom. The van der Waals surface area contributed by atoms with Crippen LogP contribution in [0.25, 0.3) is 0 Å². The first-order valence-electron chi connectivity index (χ1n) is 5.83. The van der Waals surface area contributed by atoms with E-state index in [1.54, 1.807) is 18.3 Å². The van der Waals surface area contributed by atoms with E-state index in [1.165, 1.54) is 18.1 Å². The molecule has 0 saturated carbocycles. The topological polar surface area (TPSA) is 70.5 Å². The summed E-state index contributed by atoms with van der Waals surface area (Å²) < 4.78 is 0. The largest absolute Gasteiger partial charge is 0.480 e. The van der Waals surface area contributed by atoms with Gasteiger partial charge in [0.05, 0.1) is 5.56 Å². The van der Waals surface area contributed by atoms with Crippen molar-refractivity contribution >= 4 is 11.9 Å². The molecule has 0 spiro atoms. The highest BCUT2D eigenvalue weighted by Crippen LogP contribution is 2.13. The number of carbonyl (C=O) groups is 2. The summed E-state index contributed by atoms with van der Waals surface area (Å²) in [6.07, 6.45) is 3.44. The van der Waals surface area contributed by atoms with Gasteiger partial charge in [-0.25, -0.2) is 4.79 Å². The quantitative estimate of drug-likeness (QED) is 0.862. The average Bonchev–Trinajstić information content (AvgIpc) is 2.34. The highest BCUT2D eigenvalue weighted by Gasteiger charge is 2.27. The minimum absolute atomic E-state index is 0.204. The van der Waals surface area contributed by atoms with Gasteiger partial charge in [-0.1, -0.05) is 13.8 Å². The molecule has 1 N–H and O–H groups in total. The molecule has 0 bridgehead atoms. The molecule has 1 amide bonds. The van der Waals surface area contributed by atoms with Gasteiger partial charge in [0, 0.05) is 19.4 Å². The number of carboxylic acid groups (broad SMARTS) is 1. The number of rotatable bonds is 5. The molecule has 0 aliphatic rings. The smallest absolute Gasteiger partial charge is 0.326 e. The standard InChI is InChI=1S/C13H18N2O3/c1-9(2)7-11(13(17)18)15(3)12(16)10-5-4-6-14-8-10/h4-6,8-9,11H,7H2,1-3H3,(H,17,18). The SMILES string of the molecule is CC(C)CC(C(=O)O)N(C)C(=O)c1cccnc1. The van der Waals surface area contributed by atoms with Gasteiger partial charge in [-0.05, 0) is 24.5 Å². The molecule has 1 rings (SSSR count). The summed E-state index contributed by atoms with van der Waals surface area (Å²) in [6, 6.07) is 2.47. The number of pyridine rings is 1. The minimum Gasteiger partial charge on any atom is -0.480 e. The predicted molar refractivity (Wildman–Crippen MR) is 67.2 cm³/mol. The zero-order valence-corrected chi connectivity index (χ0v) is 10.8. The Hall–Kier alpha value is -1.91. The van der Waals surface area contributed by atoms with Crippen LogP contribution in [0.4, 0.5) is 0 Å². The summed E-state index contributed by atoms with van der Waals surface area (Å²) in [6.45, 7) is 3.86. The summed E-state index contributed by atoms with van der Waals surface area (Å²) in [5.41, 5.74) is 0.398. The highest BCUT2D eigenvalue weighted by atomic mass is 16.4. The lowest BCUT2D eigenvalue weighted by atomic mass is 10.0. The number of carbonyl (C=O) groups excluding carboxylic acids is 1. The van der Waals surface area contributed by atoms with Crippen LogP contribution in [0.15, 0.2) is 24.5 Å². The first-order valence-corrected chi connectivity index (χ1v) is 5.83. The number of amides is 1. The van der Waals surface area contributed by atoms with Gasteiger partial charge >= 0.3 is 5.97 Å². The molecule has 98 valence electrons. The van der Waals surface area contributed by atoms with Crippen molar-refractivity contribution in [1.29, 1.82) is 0 Å². The summed E-state index contributed by atoms with van der Waals surface area (Å²) in [5.74, 6) is -1.10. The van der Waals surface area contributed by atoms with Crippen LogP contribution in [-0.4, -0.2) is 40.0 Å². The lowest BCUT2D eigenvalue weighted by molar-refractivity contribution is -0.142. The highest BCUT2D eigenvalue weighted by molar-refractivity contribution is 5.96. The van der Waals surface area contributed by atoms with E-state index >= 15 is 0 Å². The van der Waals surface area contributed by atoms with Gasteiger partial charge in [0.2, 0.25) is 0 Å². The summed E-state index contributed by atoms with van der Waals surface area (Å²) >= 11 is 0. The molecule has 1 aromatic heterocycles. The lowest BCUT2D eigenvalue weighted by Crippen LogP contribution is -2.43. The number of aromatic nitrogens is 1. The fourth-order valence-electron chi connectivity index (χ4n) is 1.71. The summed E-state index contributed by atoms with van der Waals surface area (Å²) in [4.78, 5) is 28.4. The van der Waals surface area contributed by atoms with E-state index in [2.05, 4.69) is 4.98 Å². The van der Waals surface area contributed by atoms with Gasteiger partial charge < -0.3 is 10.0 Å². The first-order chi connectivity index (χ1) is 8.43. The van der Waals surface area contributed by atoms with Crippen LogP contribution < -0.4 is 0 Å². The number of likely N-dealkylation sites (N-methyl/N-ethyl adjacent to an activating group) is 1. The minimum atomic E-state index is -0.983. The van der Waals surface area contributed by atoms with Crippen molar-refractivity contribution in [2.75, 3.05) is 7.05 Å². The third-order valence-electron chi connectivity index (χ3n) is 2.68. The van der Waals surface area contributed by atoms with Crippen LogP contribution in [0.3, 0.4) is 0 Å². The number of carboxylic acids is 1. The van der Waals surface area contributed by atoms with E-state index in [0.717, 1.165) is 0 Å². The first kappa shape index (κ1) is 14.2. The molecule has 1 atom stereocenters. The van der Waals surface area contributed by atoms with Crippen molar-refractivity contribution in [3.8, 4) is 0 Å². The van der Waals surface area contributed by atoms with Crippen molar-refractivity contribution in [2.24, 2.45) is 5.92 Å². The lowest BCUT2D eigenvalue weighted by Gasteiger charge is -2.26. The molecular weight excluding hydrogens is 232 g/mol. The number of aliphatic carboxylic acids is 1. The van der Waals surface area contributed by atoms with E-state index < -0.39 is 12.0 Å².